The van der Waals surface area contributed by atoms with Crippen LogP contribution in [0.1, 0.15) is 22.1 Å². The Balaban J connectivity index is 1.21. The van der Waals surface area contributed by atoms with Crippen LogP contribution in [0.25, 0.3) is 0 Å². The number of rotatable bonds is 7. The van der Waals surface area contributed by atoms with E-state index in [0.717, 1.165) is 49.0 Å². The van der Waals surface area contributed by atoms with Crippen LogP contribution in [0.15, 0.2) is 46.9 Å². The van der Waals surface area contributed by atoms with Gasteiger partial charge in [-0.15, -0.1) is 10.2 Å². The number of amides is 1. The highest BCUT2D eigenvalue weighted by Crippen LogP contribution is 2.23. The third-order valence-corrected chi connectivity index (χ3v) is 6.10. The van der Waals surface area contributed by atoms with E-state index in [1.165, 1.54) is 0 Å². The summed E-state index contributed by atoms with van der Waals surface area (Å²) in [5.41, 5.74) is 1.93. The van der Waals surface area contributed by atoms with E-state index in [0.29, 0.717) is 28.9 Å². The Morgan fingerprint density at radius 2 is 1.78 bits per heavy atom. The molecule has 168 valence electrons. The van der Waals surface area contributed by atoms with Crippen molar-refractivity contribution in [1.82, 2.24) is 20.4 Å². The first-order valence-electron chi connectivity index (χ1n) is 10.3. The van der Waals surface area contributed by atoms with Crippen LogP contribution in [0.5, 0.6) is 0 Å². The van der Waals surface area contributed by atoms with Crippen molar-refractivity contribution in [3.63, 3.8) is 0 Å². The van der Waals surface area contributed by atoms with Crippen molar-refractivity contribution in [1.29, 1.82) is 0 Å². The molecule has 1 amide bonds. The Hall–Kier alpha value is -2.32. The van der Waals surface area contributed by atoms with E-state index in [4.69, 9.17) is 39.2 Å². The topological polar surface area (TPSA) is 74.5 Å². The van der Waals surface area contributed by atoms with Crippen molar-refractivity contribution in [2.75, 3.05) is 44.2 Å². The molecule has 0 unspecified atom stereocenters. The van der Waals surface area contributed by atoms with E-state index in [9.17, 15) is 4.79 Å². The lowest BCUT2D eigenvalue weighted by Gasteiger charge is -2.36. The van der Waals surface area contributed by atoms with Crippen LogP contribution in [0.3, 0.4) is 0 Å². The first-order chi connectivity index (χ1) is 15.5. The average Bonchev–Trinajstić information content (AvgIpc) is 3.25. The Labute approximate surface area is 201 Å². The lowest BCUT2D eigenvalue weighted by atomic mass is 10.1. The molecule has 1 saturated heterocycles. The summed E-state index contributed by atoms with van der Waals surface area (Å²) in [6.45, 7) is 4.89. The van der Waals surface area contributed by atoms with Gasteiger partial charge >= 0.3 is 11.8 Å². The normalized spacial score (nSPS) is 14.5. The maximum atomic E-state index is 12.3. The summed E-state index contributed by atoms with van der Waals surface area (Å²) in [6, 6.07) is 13.1. The molecule has 0 saturated carbocycles. The lowest BCUT2D eigenvalue weighted by molar-refractivity contribution is 0.0911. The summed E-state index contributed by atoms with van der Waals surface area (Å²) in [7, 11) is 0. The Bertz CT molecular complexity index is 1080. The summed E-state index contributed by atoms with van der Waals surface area (Å²) in [5, 5.41) is 12.4. The largest absolute Gasteiger partial charge is 0.417 e. The third kappa shape index (κ3) is 5.92. The monoisotopic (exact) mass is 493 g/mol. The van der Waals surface area contributed by atoms with E-state index >= 15 is 0 Å². The van der Waals surface area contributed by atoms with Crippen LogP contribution in [0.2, 0.25) is 15.1 Å². The van der Waals surface area contributed by atoms with E-state index in [-0.39, 0.29) is 11.8 Å². The molecule has 0 aliphatic carbocycles. The SMILES string of the molecule is O=C(NCCN1CCN(c2cccc(Cl)c2)CC1)c1nnc(Cc2ccc(Cl)cc2Cl)o1. The smallest absolute Gasteiger partial charge is 0.308 e. The fourth-order valence-electron chi connectivity index (χ4n) is 3.55. The molecular weight excluding hydrogens is 473 g/mol. The Morgan fingerprint density at radius 1 is 1.00 bits per heavy atom. The van der Waals surface area contributed by atoms with Gasteiger partial charge in [-0.3, -0.25) is 9.69 Å². The highest BCUT2D eigenvalue weighted by Gasteiger charge is 2.19. The maximum Gasteiger partial charge on any atom is 0.308 e. The van der Waals surface area contributed by atoms with E-state index in [1.54, 1.807) is 18.2 Å². The molecule has 32 heavy (non-hydrogen) atoms. The number of carbonyl (C=O) groups is 1. The number of hydrogen-bond acceptors (Lipinski definition) is 6. The molecule has 4 rings (SSSR count). The minimum atomic E-state index is -0.386. The van der Waals surface area contributed by atoms with Gasteiger partial charge < -0.3 is 14.6 Å². The zero-order valence-electron chi connectivity index (χ0n) is 17.2. The lowest BCUT2D eigenvalue weighted by Crippen LogP contribution is -2.48. The summed E-state index contributed by atoms with van der Waals surface area (Å²) in [5.74, 6) is -0.129. The Kier molecular flexibility index (Phi) is 7.52. The number of carbonyl (C=O) groups excluding carboxylic acids is 1. The highest BCUT2D eigenvalue weighted by molar-refractivity contribution is 6.35. The molecular formula is C22H22Cl3N5O2. The number of hydrogen-bond donors (Lipinski definition) is 1. The van der Waals surface area contributed by atoms with E-state index < -0.39 is 0 Å². The van der Waals surface area contributed by atoms with Crippen molar-refractivity contribution < 1.29 is 9.21 Å². The van der Waals surface area contributed by atoms with Gasteiger partial charge in [-0.1, -0.05) is 46.9 Å². The zero-order valence-corrected chi connectivity index (χ0v) is 19.5. The van der Waals surface area contributed by atoms with Crippen molar-refractivity contribution in [3.05, 3.63) is 74.9 Å². The molecule has 7 nitrogen and oxygen atoms in total. The van der Waals surface area contributed by atoms with Crippen LogP contribution in [0, 0.1) is 0 Å². The van der Waals surface area contributed by atoms with Gasteiger partial charge in [0.25, 0.3) is 0 Å². The molecule has 0 atom stereocenters. The van der Waals surface area contributed by atoms with Gasteiger partial charge in [-0.05, 0) is 35.9 Å². The molecule has 1 aromatic heterocycles. The fourth-order valence-corrected chi connectivity index (χ4v) is 4.21. The number of aromatic nitrogens is 2. The number of nitrogens with zero attached hydrogens (tertiary/aromatic N) is 4. The number of anilines is 1. The molecule has 2 aromatic carbocycles. The van der Waals surface area contributed by atoms with Crippen LogP contribution >= 0.6 is 34.8 Å². The average molecular weight is 495 g/mol. The zero-order chi connectivity index (χ0) is 22.5. The summed E-state index contributed by atoms with van der Waals surface area (Å²) in [6.07, 6.45) is 0.327. The molecule has 3 aromatic rings. The predicted octanol–water partition coefficient (Wildman–Crippen LogP) is 4.17. The molecule has 0 bridgehead atoms. The fraction of sp³-hybridized carbons (Fsp3) is 0.318. The number of benzene rings is 2. The quantitative estimate of drug-likeness (QED) is 0.531. The van der Waals surface area contributed by atoms with Gasteiger partial charge in [-0.2, -0.15) is 0 Å². The van der Waals surface area contributed by atoms with Crippen LogP contribution < -0.4 is 10.2 Å². The van der Waals surface area contributed by atoms with Gasteiger partial charge in [0, 0.05) is 60.0 Å². The second-order valence-electron chi connectivity index (χ2n) is 7.48. The van der Waals surface area contributed by atoms with Crippen LogP contribution in [-0.4, -0.2) is 60.3 Å². The maximum absolute atomic E-state index is 12.3. The molecule has 1 aliphatic rings. The summed E-state index contributed by atoms with van der Waals surface area (Å²) in [4.78, 5) is 17.0. The third-order valence-electron chi connectivity index (χ3n) is 5.28. The molecule has 0 spiro atoms. The molecule has 1 N–H and O–H groups in total. The minimum absolute atomic E-state index is 0.0594. The number of nitrogens with one attached hydrogen (secondary N) is 1. The van der Waals surface area contributed by atoms with Crippen molar-refractivity contribution in [2.45, 2.75) is 6.42 Å². The second-order valence-corrected chi connectivity index (χ2v) is 8.76. The van der Waals surface area contributed by atoms with Crippen molar-refractivity contribution in [2.24, 2.45) is 0 Å². The molecule has 1 aliphatic heterocycles. The predicted molar refractivity (Wildman–Crippen MR) is 126 cm³/mol. The van der Waals surface area contributed by atoms with Gasteiger partial charge in [0.2, 0.25) is 5.89 Å². The second kappa shape index (κ2) is 10.5. The van der Waals surface area contributed by atoms with Gasteiger partial charge in [-0.25, -0.2) is 0 Å². The Morgan fingerprint density at radius 3 is 2.53 bits per heavy atom. The molecule has 0 radical (unpaired) electrons. The minimum Gasteiger partial charge on any atom is -0.417 e. The van der Waals surface area contributed by atoms with E-state index in [2.05, 4.69) is 31.4 Å². The standard InChI is InChI=1S/C22H22Cl3N5O2/c23-16-2-1-3-18(13-16)30-10-8-29(9-11-30)7-6-26-21(31)22-28-27-20(32-22)12-15-4-5-17(24)14-19(15)25/h1-5,13-14H,6-12H2,(H,26,31). The van der Waals surface area contributed by atoms with Crippen molar-refractivity contribution >= 4 is 46.4 Å². The van der Waals surface area contributed by atoms with Gasteiger partial charge in [0.15, 0.2) is 0 Å². The molecule has 10 heteroatoms. The number of halogens is 3. The highest BCUT2D eigenvalue weighted by atomic mass is 35.5. The first kappa shape index (κ1) is 22.9. The summed E-state index contributed by atoms with van der Waals surface area (Å²) < 4.78 is 5.49. The van der Waals surface area contributed by atoms with Gasteiger partial charge in [0.1, 0.15) is 0 Å². The number of piperazine rings is 1. The summed E-state index contributed by atoms with van der Waals surface area (Å²) >= 11 is 18.2. The van der Waals surface area contributed by atoms with E-state index in [1.807, 2.05) is 18.2 Å². The van der Waals surface area contributed by atoms with Crippen LogP contribution in [0.4, 0.5) is 5.69 Å². The first-order valence-corrected chi connectivity index (χ1v) is 11.4. The molecule has 1 fully saturated rings. The van der Waals surface area contributed by atoms with Gasteiger partial charge in [0.05, 0.1) is 6.42 Å². The molecule has 2 heterocycles. The van der Waals surface area contributed by atoms with Crippen molar-refractivity contribution in [3.8, 4) is 0 Å². The van der Waals surface area contributed by atoms with Crippen LogP contribution in [-0.2, 0) is 6.42 Å².